The molecule has 98 valence electrons. The number of rotatable bonds is 3. The molecule has 1 aromatic carbocycles. The molecule has 0 spiro atoms. The number of fused-ring (bicyclic) bond motifs is 1. The molecule has 2 N–H and O–H groups in total. The van der Waals surface area contributed by atoms with Crippen LogP contribution in [0.5, 0.6) is 11.5 Å². The average Bonchev–Trinajstić information content (AvgIpc) is 2.44. The molecule has 1 aliphatic rings. The highest BCUT2D eigenvalue weighted by molar-refractivity contribution is 7.80. The number of benzene rings is 1. The van der Waals surface area contributed by atoms with Crippen LogP contribution in [-0.4, -0.2) is 24.9 Å². The fourth-order valence-electron chi connectivity index (χ4n) is 1.61. The van der Waals surface area contributed by atoms with Gasteiger partial charge in [-0.15, -0.1) is 0 Å². The lowest BCUT2D eigenvalue weighted by molar-refractivity contribution is 0.171. The van der Waals surface area contributed by atoms with Gasteiger partial charge in [-0.05, 0) is 29.9 Å². The third kappa shape index (κ3) is 3.86. The van der Waals surface area contributed by atoms with Gasteiger partial charge in [0.1, 0.15) is 13.2 Å². The third-order valence-corrected chi connectivity index (χ3v) is 2.67. The lowest BCUT2D eigenvalue weighted by atomic mass is 10.2. The van der Waals surface area contributed by atoms with Crippen LogP contribution in [0.25, 0.3) is 6.08 Å². The molecular formula is C13H13N3O2S. The van der Waals surface area contributed by atoms with E-state index in [9.17, 15) is 0 Å². The highest BCUT2D eigenvalue weighted by atomic mass is 32.1. The lowest BCUT2D eigenvalue weighted by Gasteiger charge is -2.18. The van der Waals surface area contributed by atoms with Gasteiger partial charge in [-0.25, -0.2) is 0 Å². The third-order valence-electron chi connectivity index (χ3n) is 2.43. The Hall–Kier alpha value is -2.26. The van der Waals surface area contributed by atoms with Gasteiger partial charge in [0.15, 0.2) is 22.8 Å². The largest absolute Gasteiger partial charge is 0.486 e. The fraction of sp³-hybridized carbons (Fsp3) is 0.231. The summed E-state index contributed by atoms with van der Waals surface area (Å²) in [5.74, 6) is 1.55. The van der Waals surface area contributed by atoms with Gasteiger partial charge in [0, 0.05) is 6.54 Å². The summed E-state index contributed by atoms with van der Waals surface area (Å²) in [7, 11) is 0. The van der Waals surface area contributed by atoms with Crippen LogP contribution in [0.1, 0.15) is 5.56 Å². The van der Waals surface area contributed by atoms with Gasteiger partial charge in [0.05, 0.1) is 0 Å². The van der Waals surface area contributed by atoms with Crippen LogP contribution in [0, 0.1) is 11.5 Å². The Morgan fingerprint density at radius 1 is 1.37 bits per heavy atom. The van der Waals surface area contributed by atoms with Crippen LogP contribution >= 0.6 is 12.2 Å². The topological polar surface area (TPSA) is 66.3 Å². The predicted molar refractivity (Wildman–Crippen MR) is 75.8 cm³/mol. The van der Waals surface area contributed by atoms with Gasteiger partial charge in [-0.1, -0.05) is 18.2 Å². The van der Waals surface area contributed by atoms with E-state index < -0.39 is 0 Å². The molecule has 1 heterocycles. The number of ether oxygens (including phenoxy) is 2. The maximum atomic E-state index is 8.35. The first-order chi connectivity index (χ1) is 9.29. The summed E-state index contributed by atoms with van der Waals surface area (Å²) >= 11 is 4.85. The molecule has 1 aromatic rings. The Labute approximate surface area is 116 Å². The van der Waals surface area contributed by atoms with Gasteiger partial charge in [0.25, 0.3) is 0 Å². The van der Waals surface area contributed by atoms with Crippen LogP contribution < -0.4 is 20.1 Å². The van der Waals surface area contributed by atoms with Crippen LogP contribution in [-0.2, 0) is 0 Å². The number of nitrogens with one attached hydrogen (secondary N) is 2. The van der Waals surface area contributed by atoms with Gasteiger partial charge >= 0.3 is 0 Å². The molecule has 0 fully saturated rings. The zero-order valence-corrected chi connectivity index (χ0v) is 11.0. The highest BCUT2D eigenvalue weighted by Gasteiger charge is 2.10. The molecule has 0 bridgehead atoms. The maximum absolute atomic E-state index is 8.35. The quantitative estimate of drug-likeness (QED) is 0.494. The van der Waals surface area contributed by atoms with Crippen molar-refractivity contribution >= 4 is 23.4 Å². The van der Waals surface area contributed by atoms with E-state index in [1.165, 1.54) is 0 Å². The Balaban J connectivity index is 1.89. The first-order valence-electron chi connectivity index (χ1n) is 5.79. The van der Waals surface area contributed by atoms with Crippen LogP contribution in [0.4, 0.5) is 0 Å². The molecule has 6 heteroatoms. The average molecular weight is 275 g/mol. The van der Waals surface area contributed by atoms with Gasteiger partial charge in [-0.2, -0.15) is 5.26 Å². The first kappa shape index (κ1) is 13.2. The number of nitrogens with zero attached hydrogens (tertiary/aromatic N) is 1. The summed E-state index contributed by atoms with van der Waals surface area (Å²) in [6, 6.07) is 5.77. The van der Waals surface area contributed by atoms with Crippen molar-refractivity contribution in [3.05, 3.63) is 29.8 Å². The summed E-state index contributed by atoms with van der Waals surface area (Å²) in [5, 5.41) is 13.9. The summed E-state index contributed by atoms with van der Waals surface area (Å²) in [4.78, 5) is 0. The fourth-order valence-corrected chi connectivity index (χ4v) is 1.73. The highest BCUT2D eigenvalue weighted by Crippen LogP contribution is 2.30. The van der Waals surface area contributed by atoms with Crippen molar-refractivity contribution in [1.82, 2.24) is 10.6 Å². The number of hydrogen-bond donors (Lipinski definition) is 2. The second-order valence-electron chi connectivity index (χ2n) is 3.75. The van der Waals surface area contributed by atoms with Crippen molar-refractivity contribution in [2.75, 3.05) is 19.8 Å². The molecule has 0 saturated carbocycles. The second-order valence-corrected chi connectivity index (χ2v) is 4.16. The Morgan fingerprint density at radius 3 is 2.95 bits per heavy atom. The minimum atomic E-state index is 0.314. The van der Waals surface area contributed by atoms with E-state index in [1.54, 1.807) is 6.19 Å². The molecule has 0 amide bonds. The van der Waals surface area contributed by atoms with Gasteiger partial charge in [0.2, 0.25) is 0 Å². The van der Waals surface area contributed by atoms with Gasteiger partial charge < -0.3 is 14.8 Å². The van der Waals surface area contributed by atoms with E-state index in [1.807, 2.05) is 30.4 Å². The van der Waals surface area contributed by atoms with Crippen molar-refractivity contribution in [1.29, 1.82) is 5.26 Å². The van der Waals surface area contributed by atoms with Crippen LogP contribution in [0.2, 0.25) is 0 Å². The van der Waals surface area contributed by atoms with Crippen molar-refractivity contribution in [3.63, 3.8) is 0 Å². The van der Waals surface area contributed by atoms with E-state index in [2.05, 4.69) is 10.6 Å². The summed E-state index contributed by atoms with van der Waals surface area (Å²) in [6.07, 6.45) is 5.61. The number of nitriles is 1. The summed E-state index contributed by atoms with van der Waals surface area (Å²) < 4.78 is 10.9. The number of thiocarbonyl (C=S) groups is 1. The van der Waals surface area contributed by atoms with E-state index in [0.29, 0.717) is 24.9 Å². The minimum absolute atomic E-state index is 0.314. The van der Waals surface area contributed by atoms with Crippen molar-refractivity contribution in [3.8, 4) is 17.7 Å². The first-order valence-corrected chi connectivity index (χ1v) is 6.19. The smallest absolute Gasteiger partial charge is 0.183 e. The lowest BCUT2D eigenvalue weighted by Crippen LogP contribution is -2.31. The summed E-state index contributed by atoms with van der Waals surface area (Å²) in [6.45, 7) is 1.72. The predicted octanol–water partition coefficient (Wildman–Crippen LogP) is 1.42. The maximum Gasteiger partial charge on any atom is 0.183 e. The molecule has 0 atom stereocenters. The molecule has 2 rings (SSSR count). The normalized spacial score (nSPS) is 12.8. The van der Waals surface area contributed by atoms with E-state index in [4.69, 9.17) is 27.0 Å². The molecule has 0 unspecified atom stereocenters. The SMILES string of the molecule is N#CNC(=S)NC/C=C/c1ccc2c(c1)OCCO2. The molecule has 0 saturated heterocycles. The van der Waals surface area contributed by atoms with Crippen molar-refractivity contribution in [2.24, 2.45) is 0 Å². The van der Waals surface area contributed by atoms with E-state index >= 15 is 0 Å². The van der Waals surface area contributed by atoms with Gasteiger partial charge in [-0.3, -0.25) is 5.32 Å². The summed E-state index contributed by atoms with van der Waals surface area (Å²) in [5.41, 5.74) is 1.02. The zero-order valence-electron chi connectivity index (χ0n) is 10.2. The van der Waals surface area contributed by atoms with Crippen LogP contribution in [0.3, 0.4) is 0 Å². The molecule has 0 aliphatic carbocycles. The Kier molecular flexibility index (Phi) is 4.59. The molecule has 1 aliphatic heterocycles. The van der Waals surface area contributed by atoms with Crippen molar-refractivity contribution in [2.45, 2.75) is 0 Å². The molecule has 0 aromatic heterocycles. The molecule has 19 heavy (non-hydrogen) atoms. The number of hydrogen-bond acceptors (Lipinski definition) is 4. The molecular weight excluding hydrogens is 262 g/mol. The van der Waals surface area contributed by atoms with Crippen LogP contribution in [0.15, 0.2) is 24.3 Å². The standard InChI is InChI=1S/C13H13N3O2S/c14-9-16-13(19)15-5-1-2-10-3-4-11-12(8-10)18-7-6-17-11/h1-4,8H,5-7H2,(H2,15,16,19)/b2-1+. The van der Waals surface area contributed by atoms with E-state index in [0.717, 1.165) is 17.1 Å². The monoisotopic (exact) mass is 275 g/mol. The van der Waals surface area contributed by atoms with Crippen molar-refractivity contribution < 1.29 is 9.47 Å². The Morgan fingerprint density at radius 2 is 2.16 bits per heavy atom. The zero-order chi connectivity index (χ0) is 13.5. The van der Waals surface area contributed by atoms with E-state index in [-0.39, 0.29) is 0 Å². The second kappa shape index (κ2) is 6.61. The molecule has 0 radical (unpaired) electrons. The minimum Gasteiger partial charge on any atom is -0.486 e. The molecule has 5 nitrogen and oxygen atoms in total. The Bertz CT molecular complexity index is 537.